The Morgan fingerprint density at radius 3 is 3.00 bits per heavy atom. The molecular formula is C15H18N2OS. The molecular weight excluding hydrogens is 256 g/mol. The number of aromatic nitrogens is 1. The third-order valence-corrected chi connectivity index (χ3v) is 3.92. The first-order valence-electron chi connectivity index (χ1n) is 6.53. The van der Waals surface area contributed by atoms with Gasteiger partial charge < -0.3 is 4.57 Å². The molecule has 1 aromatic carbocycles. The molecule has 1 amide bonds. The Kier molecular flexibility index (Phi) is 4.68. The number of hydrogen-bond donors (Lipinski definition) is 0. The number of amides is 1. The third kappa shape index (κ3) is 3.20. The quantitative estimate of drug-likeness (QED) is 0.768. The van der Waals surface area contributed by atoms with Crippen molar-refractivity contribution in [2.24, 2.45) is 4.99 Å². The molecule has 0 N–H and O–H groups in total. The van der Waals surface area contributed by atoms with Gasteiger partial charge in [0.1, 0.15) is 0 Å². The van der Waals surface area contributed by atoms with Crippen LogP contribution in [0.15, 0.2) is 41.9 Å². The van der Waals surface area contributed by atoms with Crippen molar-refractivity contribution in [3.63, 3.8) is 0 Å². The van der Waals surface area contributed by atoms with Crippen molar-refractivity contribution in [3.05, 3.63) is 41.7 Å². The van der Waals surface area contributed by atoms with E-state index in [0.29, 0.717) is 13.0 Å². The van der Waals surface area contributed by atoms with Crippen molar-refractivity contribution in [2.45, 2.75) is 32.7 Å². The Balaban J connectivity index is 2.46. The molecule has 0 saturated carbocycles. The maximum atomic E-state index is 11.8. The van der Waals surface area contributed by atoms with Crippen LogP contribution in [0.1, 0.15) is 26.2 Å². The predicted octanol–water partition coefficient (Wildman–Crippen LogP) is 3.51. The van der Waals surface area contributed by atoms with Gasteiger partial charge in [-0.1, -0.05) is 42.9 Å². The van der Waals surface area contributed by atoms with Crippen molar-refractivity contribution in [3.8, 4) is 0 Å². The minimum Gasteiger partial charge on any atom is -0.313 e. The largest absolute Gasteiger partial charge is 0.313 e. The molecule has 100 valence electrons. The average molecular weight is 274 g/mol. The van der Waals surface area contributed by atoms with Crippen LogP contribution in [0.25, 0.3) is 10.2 Å². The summed E-state index contributed by atoms with van der Waals surface area (Å²) in [5.74, 6) is -0.0359. The van der Waals surface area contributed by atoms with Crippen LogP contribution in [0.3, 0.4) is 0 Å². The Bertz CT molecular complexity index is 651. The Labute approximate surface area is 116 Å². The fourth-order valence-electron chi connectivity index (χ4n) is 1.90. The predicted molar refractivity (Wildman–Crippen MR) is 80.1 cm³/mol. The molecule has 0 bridgehead atoms. The third-order valence-electron chi connectivity index (χ3n) is 2.86. The molecule has 2 rings (SSSR count). The minimum absolute atomic E-state index is 0.0359. The fourth-order valence-corrected chi connectivity index (χ4v) is 2.96. The van der Waals surface area contributed by atoms with Gasteiger partial charge in [0.25, 0.3) is 0 Å². The second-order valence-corrected chi connectivity index (χ2v) is 5.37. The topological polar surface area (TPSA) is 34.4 Å². The van der Waals surface area contributed by atoms with Gasteiger partial charge in [-0.3, -0.25) is 4.79 Å². The summed E-state index contributed by atoms with van der Waals surface area (Å²) >= 11 is 1.55. The summed E-state index contributed by atoms with van der Waals surface area (Å²) in [6.07, 6.45) is 4.27. The van der Waals surface area contributed by atoms with E-state index in [-0.39, 0.29) is 5.91 Å². The van der Waals surface area contributed by atoms with Crippen LogP contribution in [-0.2, 0) is 11.3 Å². The number of benzene rings is 1. The van der Waals surface area contributed by atoms with Gasteiger partial charge in [0.05, 0.1) is 10.2 Å². The Hall–Kier alpha value is -1.68. The highest BCUT2D eigenvalue weighted by atomic mass is 32.1. The van der Waals surface area contributed by atoms with E-state index in [0.717, 1.165) is 27.9 Å². The maximum Gasteiger partial charge on any atom is 0.248 e. The zero-order valence-corrected chi connectivity index (χ0v) is 11.9. The smallest absolute Gasteiger partial charge is 0.248 e. The number of thiazole rings is 1. The normalized spacial score (nSPS) is 11.9. The van der Waals surface area contributed by atoms with E-state index in [4.69, 9.17) is 0 Å². The van der Waals surface area contributed by atoms with Crippen LogP contribution in [0.4, 0.5) is 0 Å². The lowest BCUT2D eigenvalue weighted by molar-refractivity contribution is -0.118. The van der Waals surface area contributed by atoms with E-state index < -0.39 is 0 Å². The highest BCUT2D eigenvalue weighted by Gasteiger charge is 2.06. The zero-order valence-electron chi connectivity index (χ0n) is 11.1. The molecule has 0 aliphatic heterocycles. The van der Waals surface area contributed by atoms with Crippen molar-refractivity contribution < 1.29 is 4.79 Å². The van der Waals surface area contributed by atoms with E-state index in [9.17, 15) is 4.79 Å². The minimum atomic E-state index is -0.0359. The molecule has 0 radical (unpaired) electrons. The number of nitrogens with zero attached hydrogens (tertiary/aromatic N) is 2. The molecule has 19 heavy (non-hydrogen) atoms. The van der Waals surface area contributed by atoms with Crippen LogP contribution in [0.2, 0.25) is 0 Å². The average Bonchev–Trinajstić information content (AvgIpc) is 2.75. The van der Waals surface area contributed by atoms with E-state index >= 15 is 0 Å². The fraction of sp³-hybridized carbons (Fsp3) is 0.333. The molecule has 3 nitrogen and oxygen atoms in total. The first kappa shape index (κ1) is 13.7. The molecule has 2 aromatic rings. The van der Waals surface area contributed by atoms with Gasteiger partial charge in [-0.2, -0.15) is 4.99 Å². The van der Waals surface area contributed by atoms with Gasteiger partial charge >= 0.3 is 0 Å². The van der Waals surface area contributed by atoms with Gasteiger partial charge in [0.15, 0.2) is 4.80 Å². The number of allylic oxidation sites excluding steroid dienone is 1. The van der Waals surface area contributed by atoms with Crippen molar-refractivity contribution in [1.82, 2.24) is 4.57 Å². The highest BCUT2D eigenvalue weighted by Crippen LogP contribution is 2.16. The van der Waals surface area contributed by atoms with E-state index in [1.165, 1.54) is 0 Å². The summed E-state index contributed by atoms with van der Waals surface area (Å²) in [5, 5.41) is 0. The second kappa shape index (κ2) is 6.48. The zero-order chi connectivity index (χ0) is 13.7. The number of carbonyl (C=O) groups is 1. The summed E-state index contributed by atoms with van der Waals surface area (Å²) in [4.78, 5) is 16.8. The Morgan fingerprint density at radius 1 is 1.47 bits per heavy atom. The van der Waals surface area contributed by atoms with Gasteiger partial charge in [-0.15, -0.1) is 6.58 Å². The van der Waals surface area contributed by atoms with Crippen LogP contribution in [-0.4, -0.2) is 10.5 Å². The summed E-state index contributed by atoms with van der Waals surface area (Å²) in [7, 11) is 0. The summed E-state index contributed by atoms with van der Waals surface area (Å²) in [6, 6.07) is 8.09. The van der Waals surface area contributed by atoms with Crippen molar-refractivity contribution >= 4 is 27.5 Å². The first-order valence-corrected chi connectivity index (χ1v) is 7.34. The SMILES string of the molecule is C=CCn1c(=NC(=O)CCCC)sc2ccccc21. The van der Waals surface area contributed by atoms with Gasteiger partial charge in [0, 0.05) is 13.0 Å². The molecule has 0 atom stereocenters. The summed E-state index contributed by atoms with van der Waals surface area (Å²) < 4.78 is 3.18. The standard InChI is InChI=1S/C15H18N2OS/c1-3-5-10-14(18)16-15-17(11-4-2)12-8-6-7-9-13(12)19-15/h4,6-9H,2-3,5,10-11H2,1H3. The lowest BCUT2D eigenvalue weighted by atomic mass is 10.2. The summed E-state index contributed by atoms with van der Waals surface area (Å²) in [5.41, 5.74) is 1.11. The number of rotatable bonds is 5. The molecule has 1 aromatic heterocycles. The van der Waals surface area contributed by atoms with Crippen molar-refractivity contribution in [1.29, 1.82) is 0 Å². The van der Waals surface area contributed by atoms with E-state index in [2.05, 4.69) is 24.6 Å². The van der Waals surface area contributed by atoms with E-state index in [1.54, 1.807) is 11.3 Å². The van der Waals surface area contributed by atoms with Crippen LogP contribution >= 0.6 is 11.3 Å². The number of para-hydroxylation sites is 1. The molecule has 0 saturated heterocycles. The molecule has 4 heteroatoms. The van der Waals surface area contributed by atoms with Crippen molar-refractivity contribution in [2.75, 3.05) is 0 Å². The van der Waals surface area contributed by atoms with E-state index in [1.807, 2.05) is 28.8 Å². The number of carbonyl (C=O) groups excluding carboxylic acids is 1. The van der Waals surface area contributed by atoms with Crippen LogP contribution in [0.5, 0.6) is 0 Å². The molecule has 1 heterocycles. The maximum absolute atomic E-state index is 11.8. The molecule has 0 aliphatic rings. The monoisotopic (exact) mass is 274 g/mol. The number of unbranched alkanes of at least 4 members (excludes halogenated alkanes) is 1. The Morgan fingerprint density at radius 2 is 2.26 bits per heavy atom. The first-order chi connectivity index (χ1) is 9.26. The lowest BCUT2D eigenvalue weighted by Gasteiger charge is -2.00. The van der Waals surface area contributed by atoms with Gasteiger partial charge in [0.2, 0.25) is 5.91 Å². The van der Waals surface area contributed by atoms with Gasteiger partial charge in [-0.05, 0) is 18.6 Å². The highest BCUT2D eigenvalue weighted by molar-refractivity contribution is 7.16. The number of fused-ring (bicyclic) bond motifs is 1. The second-order valence-electron chi connectivity index (χ2n) is 4.36. The van der Waals surface area contributed by atoms with Crippen LogP contribution in [0, 0.1) is 0 Å². The molecule has 0 aliphatic carbocycles. The van der Waals surface area contributed by atoms with Gasteiger partial charge in [-0.25, -0.2) is 0 Å². The molecule has 0 fully saturated rings. The molecule has 0 unspecified atom stereocenters. The lowest BCUT2D eigenvalue weighted by Crippen LogP contribution is -2.16. The summed E-state index contributed by atoms with van der Waals surface area (Å²) in [6.45, 7) is 6.51. The van der Waals surface area contributed by atoms with Crippen LogP contribution < -0.4 is 4.80 Å². The molecule has 0 spiro atoms. The number of hydrogen-bond acceptors (Lipinski definition) is 2.